The van der Waals surface area contributed by atoms with Gasteiger partial charge in [0.05, 0.1) is 6.54 Å². The Morgan fingerprint density at radius 3 is 2.63 bits per heavy atom. The van der Waals surface area contributed by atoms with Gasteiger partial charge < -0.3 is 15.2 Å². The van der Waals surface area contributed by atoms with Crippen molar-refractivity contribution >= 4 is 23.2 Å². The molecule has 0 aliphatic rings. The van der Waals surface area contributed by atoms with Gasteiger partial charge in [0.1, 0.15) is 0 Å². The number of rotatable bonds is 7. The van der Waals surface area contributed by atoms with Gasteiger partial charge in [-0.2, -0.15) is 0 Å². The third-order valence-electron chi connectivity index (χ3n) is 2.56. The van der Waals surface area contributed by atoms with Crippen LogP contribution in [0.1, 0.15) is 25.5 Å². The molecule has 0 spiro atoms. The predicted octanol–water partition coefficient (Wildman–Crippen LogP) is 0.251. The van der Waals surface area contributed by atoms with Crippen molar-refractivity contribution in [3.63, 3.8) is 0 Å². The first kappa shape index (κ1) is 15.4. The molecule has 0 fully saturated rings. The number of nitrogens with zero attached hydrogens (tertiary/aromatic N) is 1. The SMILES string of the molecule is CCCNC(=O)CNC(=O)CCn1c(C)csc1=O. The number of hydrogen-bond donors (Lipinski definition) is 2. The molecule has 0 saturated heterocycles. The van der Waals surface area contributed by atoms with E-state index in [1.165, 1.54) is 0 Å². The summed E-state index contributed by atoms with van der Waals surface area (Å²) >= 11 is 1.12. The van der Waals surface area contributed by atoms with E-state index in [9.17, 15) is 14.4 Å². The molecule has 0 saturated carbocycles. The Bertz CT molecular complexity index is 493. The zero-order valence-electron chi connectivity index (χ0n) is 11.2. The molecule has 19 heavy (non-hydrogen) atoms. The molecule has 0 radical (unpaired) electrons. The Balaban J connectivity index is 2.29. The van der Waals surface area contributed by atoms with Crippen LogP contribution in [-0.4, -0.2) is 29.5 Å². The van der Waals surface area contributed by atoms with Crippen molar-refractivity contribution in [3.05, 3.63) is 20.7 Å². The van der Waals surface area contributed by atoms with E-state index in [2.05, 4.69) is 10.6 Å². The highest BCUT2D eigenvalue weighted by Gasteiger charge is 2.07. The zero-order chi connectivity index (χ0) is 14.3. The zero-order valence-corrected chi connectivity index (χ0v) is 12.0. The summed E-state index contributed by atoms with van der Waals surface area (Å²) < 4.78 is 1.56. The first-order valence-corrected chi connectivity index (χ1v) is 7.11. The summed E-state index contributed by atoms with van der Waals surface area (Å²) in [5, 5.41) is 6.96. The molecule has 6 nitrogen and oxygen atoms in total. The standard InChI is InChI=1S/C12H19N3O3S/c1-3-5-13-11(17)7-14-10(16)4-6-15-9(2)8-19-12(15)18/h8H,3-7H2,1-2H3,(H,13,17)(H,14,16). The summed E-state index contributed by atoms with van der Waals surface area (Å²) in [5.74, 6) is -0.428. The second-order valence-corrected chi connectivity index (χ2v) is 4.99. The van der Waals surface area contributed by atoms with Crippen molar-refractivity contribution in [2.75, 3.05) is 13.1 Å². The second kappa shape index (κ2) is 7.73. The van der Waals surface area contributed by atoms with E-state index in [1.807, 2.05) is 13.8 Å². The van der Waals surface area contributed by atoms with Gasteiger partial charge in [0, 0.05) is 30.6 Å². The molecule has 0 aliphatic carbocycles. The lowest BCUT2D eigenvalue weighted by Crippen LogP contribution is -2.37. The van der Waals surface area contributed by atoms with Crippen LogP contribution >= 0.6 is 11.3 Å². The van der Waals surface area contributed by atoms with E-state index in [4.69, 9.17) is 0 Å². The number of amides is 2. The van der Waals surface area contributed by atoms with Crippen LogP contribution in [0.4, 0.5) is 0 Å². The fourth-order valence-electron chi connectivity index (χ4n) is 1.48. The smallest absolute Gasteiger partial charge is 0.307 e. The first-order chi connectivity index (χ1) is 9.04. The number of aryl methyl sites for hydroxylation is 1. The first-order valence-electron chi connectivity index (χ1n) is 6.23. The number of carbonyl (C=O) groups excluding carboxylic acids is 2. The highest BCUT2D eigenvalue weighted by molar-refractivity contribution is 7.07. The van der Waals surface area contributed by atoms with Crippen LogP contribution in [0.25, 0.3) is 0 Å². The summed E-state index contributed by atoms with van der Waals surface area (Å²) in [7, 11) is 0. The van der Waals surface area contributed by atoms with E-state index in [1.54, 1.807) is 9.95 Å². The van der Waals surface area contributed by atoms with Gasteiger partial charge in [0.15, 0.2) is 0 Å². The molecular weight excluding hydrogens is 266 g/mol. The molecule has 106 valence electrons. The minimum Gasteiger partial charge on any atom is -0.355 e. The van der Waals surface area contributed by atoms with Crippen molar-refractivity contribution in [1.29, 1.82) is 0 Å². The molecule has 0 atom stereocenters. The fraction of sp³-hybridized carbons (Fsp3) is 0.583. The number of hydrogen-bond acceptors (Lipinski definition) is 4. The van der Waals surface area contributed by atoms with E-state index in [0.29, 0.717) is 13.1 Å². The number of thiazole rings is 1. The van der Waals surface area contributed by atoms with E-state index >= 15 is 0 Å². The maximum absolute atomic E-state index is 11.5. The molecule has 0 aromatic carbocycles. The topological polar surface area (TPSA) is 80.2 Å². The molecule has 2 amide bonds. The molecular formula is C12H19N3O3S. The molecule has 1 rings (SSSR count). The van der Waals surface area contributed by atoms with Gasteiger partial charge in [0.2, 0.25) is 11.8 Å². The van der Waals surface area contributed by atoms with Crippen LogP contribution in [0.3, 0.4) is 0 Å². The lowest BCUT2D eigenvalue weighted by atomic mass is 10.3. The van der Waals surface area contributed by atoms with Gasteiger partial charge in [0.25, 0.3) is 0 Å². The molecule has 0 unspecified atom stereocenters. The molecule has 2 N–H and O–H groups in total. The summed E-state index contributed by atoms with van der Waals surface area (Å²) in [6, 6.07) is 0. The van der Waals surface area contributed by atoms with Gasteiger partial charge >= 0.3 is 4.87 Å². The maximum Gasteiger partial charge on any atom is 0.307 e. The normalized spacial score (nSPS) is 10.2. The number of aromatic nitrogens is 1. The summed E-state index contributed by atoms with van der Waals surface area (Å²) in [6.45, 7) is 4.72. The van der Waals surface area contributed by atoms with Crippen LogP contribution in [-0.2, 0) is 16.1 Å². The third-order valence-corrected chi connectivity index (χ3v) is 3.44. The Morgan fingerprint density at radius 1 is 1.32 bits per heavy atom. The van der Waals surface area contributed by atoms with Gasteiger partial charge in [-0.3, -0.25) is 14.4 Å². The maximum atomic E-state index is 11.5. The molecule has 0 aliphatic heterocycles. The van der Waals surface area contributed by atoms with Crippen molar-refractivity contribution < 1.29 is 9.59 Å². The van der Waals surface area contributed by atoms with Crippen molar-refractivity contribution in [3.8, 4) is 0 Å². The number of carbonyl (C=O) groups is 2. The van der Waals surface area contributed by atoms with Gasteiger partial charge in [-0.15, -0.1) is 0 Å². The Labute approximate surface area is 115 Å². The van der Waals surface area contributed by atoms with Gasteiger partial charge in [-0.05, 0) is 13.3 Å². The van der Waals surface area contributed by atoms with Crippen molar-refractivity contribution in [2.24, 2.45) is 0 Å². The van der Waals surface area contributed by atoms with Crippen LogP contribution in [0.5, 0.6) is 0 Å². The molecule has 1 heterocycles. The predicted molar refractivity (Wildman–Crippen MR) is 74.2 cm³/mol. The third kappa shape index (κ3) is 5.25. The van der Waals surface area contributed by atoms with Crippen molar-refractivity contribution in [2.45, 2.75) is 33.2 Å². The Hall–Kier alpha value is -1.63. The largest absolute Gasteiger partial charge is 0.355 e. The monoisotopic (exact) mass is 285 g/mol. The fourth-order valence-corrected chi connectivity index (χ4v) is 2.24. The van der Waals surface area contributed by atoms with Crippen LogP contribution in [0, 0.1) is 6.92 Å². The van der Waals surface area contributed by atoms with Crippen LogP contribution < -0.4 is 15.5 Å². The molecule has 1 aromatic rings. The Kier molecular flexibility index (Phi) is 6.27. The minimum absolute atomic E-state index is 0.0175. The van der Waals surface area contributed by atoms with E-state index in [-0.39, 0.29) is 29.7 Å². The average Bonchev–Trinajstić information content (AvgIpc) is 2.71. The lowest BCUT2D eigenvalue weighted by Gasteiger charge is -2.07. The van der Waals surface area contributed by atoms with E-state index in [0.717, 1.165) is 23.5 Å². The Morgan fingerprint density at radius 2 is 2.05 bits per heavy atom. The lowest BCUT2D eigenvalue weighted by molar-refractivity contribution is -0.126. The highest BCUT2D eigenvalue weighted by Crippen LogP contribution is 2.00. The molecule has 7 heteroatoms. The minimum atomic E-state index is -0.232. The number of nitrogens with one attached hydrogen (secondary N) is 2. The van der Waals surface area contributed by atoms with Gasteiger partial charge in [-0.1, -0.05) is 18.3 Å². The second-order valence-electron chi connectivity index (χ2n) is 4.17. The average molecular weight is 285 g/mol. The summed E-state index contributed by atoms with van der Waals surface area (Å²) in [4.78, 5) is 34.2. The van der Waals surface area contributed by atoms with Crippen LogP contribution in [0.15, 0.2) is 10.2 Å². The molecule has 1 aromatic heterocycles. The highest BCUT2D eigenvalue weighted by atomic mass is 32.1. The molecule has 0 bridgehead atoms. The van der Waals surface area contributed by atoms with Crippen LogP contribution in [0.2, 0.25) is 0 Å². The summed E-state index contributed by atoms with van der Waals surface area (Å²) in [5.41, 5.74) is 0.850. The van der Waals surface area contributed by atoms with Gasteiger partial charge in [-0.25, -0.2) is 0 Å². The summed E-state index contributed by atoms with van der Waals surface area (Å²) in [6.07, 6.45) is 1.05. The van der Waals surface area contributed by atoms with Crippen molar-refractivity contribution in [1.82, 2.24) is 15.2 Å². The quantitative estimate of drug-likeness (QED) is 0.753. The van der Waals surface area contributed by atoms with E-state index < -0.39 is 0 Å².